The first kappa shape index (κ1) is 12.5. The second-order valence-electron chi connectivity index (χ2n) is 4.37. The minimum atomic E-state index is -0.206. The van der Waals surface area contributed by atoms with Gasteiger partial charge in [-0.2, -0.15) is 0 Å². The van der Waals surface area contributed by atoms with Crippen LogP contribution in [0.3, 0.4) is 0 Å². The molecule has 2 nitrogen and oxygen atoms in total. The SMILES string of the molecule is O=C1CCN(CCc2cc(Cl)ccc2F)CC1. The predicted molar refractivity (Wildman–Crippen MR) is 65.8 cm³/mol. The number of rotatable bonds is 3. The van der Waals surface area contributed by atoms with E-state index in [9.17, 15) is 9.18 Å². The Bertz CT molecular complexity index is 412. The highest BCUT2D eigenvalue weighted by atomic mass is 35.5. The van der Waals surface area contributed by atoms with E-state index in [1.54, 1.807) is 12.1 Å². The van der Waals surface area contributed by atoms with E-state index in [0.717, 1.165) is 19.6 Å². The summed E-state index contributed by atoms with van der Waals surface area (Å²) in [6, 6.07) is 4.63. The third kappa shape index (κ3) is 3.51. The van der Waals surface area contributed by atoms with E-state index < -0.39 is 0 Å². The summed E-state index contributed by atoms with van der Waals surface area (Å²) in [6.07, 6.45) is 1.89. The standard InChI is InChI=1S/C13H15ClFNO/c14-11-1-2-13(15)10(9-11)3-6-16-7-4-12(17)5-8-16/h1-2,9H,3-8H2. The number of carbonyl (C=O) groups is 1. The van der Waals surface area contributed by atoms with Gasteiger partial charge in [-0.3, -0.25) is 4.79 Å². The van der Waals surface area contributed by atoms with Gasteiger partial charge < -0.3 is 4.90 Å². The van der Waals surface area contributed by atoms with Gasteiger partial charge in [0.05, 0.1) is 0 Å². The molecule has 0 amide bonds. The van der Waals surface area contributed by atoms with E-state index in [-0.39, 0.29) is 5.82 Å². The molecule has 1 aromatic carbocycles. The van der Waals surface area contributed by atoms with Crippen LogP contribution in [0.1, 0.15) is 18.4 Å². The third-order valence-corrected chi connectivity index (χ3v) is 3.35. The first-order chi connectivity index (χ1) is 8.15. The van der Waals surface area contributed by atoms with E-state index in [4.69, 9.17) is 11.6 Å². The minimum Gasteiger partial charge on any atom is -0.302 e. The van der Waals surface area contributed by atoms with E-state index in [1.807, 2.05) is 0 Å². The zero-order valence-electron chi connectivity index (χ0n) is 9.59. The molecule has 0 atom stereocenters. The van der Waals surface area contributed by atoms with Gasteiger partial charge >= 0.3 is 0 Å². The Labute approximate surface area is 105 Å². The van der Waals surface area contributed by atoms with Crippen molar-refractivity contribution in [1.29, 1.82) is 0 Å². The molecule has 0 aliphatic carbocycles. The molecular formula is C13H15ClFNO. The number of piperidine rings is 1. The zero-order chi connectivity index (χ0) is 12.3. The zero-order valence-corrected chi connectivity index (χ0v) is 10.3. The molecule has 0 bridgehead atoms. The van der Waals surface area contributed by atoms with E-state index in [0.29, 0.717) is 35.6 Å². The van der Waals surface area contributed by atoms with Crippen LogP contribution in [0.2, 0.25) is 5.02 Å². The van der Waals surface area contributed by atoms with Crippen molar-refractivity contribution in [2.24, 2.45) is 0 Å². The normalized spacial score (nSPS) is 17.4. The molecule has 17 heavy (non-hydrogen) atoms. The Morgan fingerprint density at radius 2 is 2.00 bits per heavy atom. The quantitative estimate of drug-likeness (QED) is 0.828. The highest BCUT2D eigenvalue weighted by Gasteiger charge is 2.16. The third-order valence-electron chi connectivity index (χ3n) is 3.12. The van der Waals surface area contributed by atoms with Gasteiger partial charge in [0.15, 0.2) is 0 Å². The maximum Gasteiger partial charge on any atom is 0.135 e. The van der Waals surface area contributed by atoms with Gasteiger partial charge in [-0.25, -0.2) is 4.39 Å². The van der Waals surface area contributed by atoms with E-state index in [1.165, 1.54) is 6.07 Å². The molecule has 1 heterocycles. The monoisotopic (exact) mass is 255 g/mol. The summed E-state index contributed by atoms with van der Waals surface area (Å²) in [4.78, 5) is 13.3. The summed E-state index contributed by atoms with van der Waals surface area (Å²) in [5.41, 5.74) is 0.648. The molecule has 1 saturated heterocycles. The molecule has 0 aromatic heterocycles. The molecule has 0 N–H and O–H groups in total. The van der Waals surface area contributed by atoms with Crippen LogP contribution in [0.25, 0.3) is 0 Å². The molecule has 2 rings (SSSR count). The summed E-state index contributed by atoms with van der Waals surface area (Å²) in [6.45, 7) is 2.37. The number of ketones is 1. The Morgan fingerprint density at radius 1 is 1.29 bits per heavy atom. The topological polar surface area (TPSA) is 20.3 Å². The number of halogens is 2. The van der Waals surface area contributed by atoms with Gasteiger partial charge in [-0.1, -0.05) is 11.6 Å². The van der Waals surface area contributed by atoms with Gasteiger partial charge in [0.2, 0.25) is 0 Å². The molecule has 1 aromatic rings. The number of carbonyl (C=O) groups excluding carboxylic acids is 1. The highest BCUT2D eigenvalue weighted by Crippen LogP contribution is 2.16. The second kappa shape index (κ2) is 5.61. The highest BCUT2D eigenvalue weighted by molar-refractivity contribution is 6.30. The molecule has 0 unspecified atom stereocenters. The van der Waals surface area contributed by atoms with Crippen molar-refractivity contribution in [3.8, 4) is 0 Å². The summed E-state index contributed by atoms with van der Waals surface area (Å²) < 4.78 is 13.5. The van der Waals surface area contributed by atoms with Crippen molar-refractivity contribution in [3.05, 3.63) is 34.6 Å². The lowest BCUT2D eigenvalue weighted by Gasteiger charge is -2.25. The average molecular weight is 256 g/mol. The molecule has 92 valence electrons. The first-order valence-electron chi connectivity index (χ1n) is 5.83. The lowest BCUT2D eigenvalue weighted by Crippen LogP contribution is -2.35. The van der Waals surface area contributed by atoms with E-state index >= 15 is 0 Å². The van der Waals surface area contributed by atoms with Crippen molar-refractivity contribution in [2.45, 2.75) is 19.3 Å². The molecule has 0 radical (unpaired) electrons. The van der Waals surface area contributed by atoms with Crippen molar-refractivity contribution < 1.29 is 9.18 Å². The minimum absolute atomic E-state index is 0.206. The van der Waals surface area contributed by atoms with Crippen LogP contribution < -0.4 is 0 Å². The van der Waals surface area contributed by atoms with Crippen LogP contribution in [-0.4, -0.2) is 30.3 Å². The molecule has 4 heteroatoms. The first-order valence-corrected chi connectivity index (χ1v) is 6.21. The van der Waals surface area contributed by atoms with Crippen LogP contribution in [0, 0.1) is 5.82 Å². The second-order valence-corrected chi connectivity index (χ2v) is 4.80. The van der Waals surface area contributed by atoms with Gasteiger partial charge in [-0.15, -0.1) is 0 Å². The fraction of sp³-hybridized carbons (Fsp3) is 0.462. The van der Waals surface area contributed by atoms with Gasteiger partial charge in [0.1, 0.15) is 11.6 Å². The van der Waals surface area contributed by atoms with Crippen molar-refractivity contribution in [1.82, 2.24) is 4.90 Å². The summed E-state index contributed by atoms with van der Waals surface area (Å²) in [7, 11) is 0. The van der Waals surface area contributed by atoms with Crippen molar-refractivity contribution in [3.63, 3.8) is 0 Å². The predicted octanol–water partition coefficient (Wildman–Crippen LogP) is 2.69. The molecule has 0 spiro atoms. The molecular weight excluding hydrogens is 241 g/mol. The summed E-state index contributed by atoms with van der Waals surface area (Å²) in [5.74, 6) is 0.123. The number of hydrogen-bond donors (Lipinski definition) is 0. The largest absolute Gasteiger partial charge is 0.302 e. The Kier molecular flexibility index (Phi) is 4.13. The van der Waals surface area contributed by atoms with E-state index in [2.05, 4.69) is 4.90 Å². The number of Topliss-reactive ketones (excluding diaryl/α,β-unsaturated/α-hetero) is 1. The Hall–Kier alpha value is -0.930. The van der Waals surface area contributed by atoms with Gasteiger partial charge in [0.25, 0.3) is 0 Å². The Balaban J connectivity index is 1.89. The summed E-state index contributed by atoms with van der Waals surface area (Å²) in [5, 5.41) is 0.565. The summed E-state index contributed by atoms with van der Waals surface area (Å²) >= 11 is 5.83. The van der Waals surface area contributed by atoms with Gasteiger partial charge in [0, 0.05) is 37.5 Å². The fourth-order valence-electron chi connectivity index (χ4n) is 2.04. The van der Waals surface area contributed by atoms with Crippen LogP contribution in [-0.2, 0) is 11.2 Å². The lowest BCUT2D eigenvalue weighted by atomic mass is 10.1. The van der Waals surface area contributed by atoms with Crippen LogP contribution >= 0.6 is 11.6 Å². The van der Waals surface area contributed by atoms with Crippen LogP contribution in [0.4, 0.5) is 4.39 Å². The lowest BCUT2D eigenvalue weighted by molar-refractivity contribution is -0.121. The number of hydrogen-bond acceptors (Lipinski definition) is 2. The number of nitrogens with zero attached hydrogens (tertiary/aromatic N) is 1. The fourth-order valence-corrected chi connectivity index (χ4v) is 2.23. The van der Waals surface area contributed by atoms with Crippen molar-refractivity contribution in [2.75, 3.05) is 19.6 Å². The van der Waals surface area contributed by atoms with Crippen molar-refractivity contribution >= 4 is 17.4 Å². The van der Waals surface area contributed by atoms with Crippen LogP contribution in [0.15, 0.2) is 18.2 Å². The maximum absolute atomic E-state index is 13.5. The smallest absolute Gasteiger partial charge is 0.135 e. The Morgan fingerprint density at radius 3 is 2.71 bits per heavy atom. The number of benzene rings is 1. The number of likely N-dealkylation sites (tertiary alicyclic amines) is 1. The molecule has 0 saturated carbocycles. The maximum atomic E-state index is 13.5. The molecule has 1 aliphatic rings. The average Bonchev–Trinajstić information content (AvgIpc) is 2.32. The molecule has 1 fully saturated rings. The van der Waals surface area contributed by atoms with Crippen LogP contribution in [0.5, 0.6) is 0 Å². The molecule has 1 aliphatic heterocycles. The van der Waals surface area contributed by atoms with Gasteiger partial charge in [-0.05, 0) is 30.2 Å².